The lowest BCUT2D eigenvalue weighted by Gasteiger charge is -2.11. The van der Waals surface area contributed by atoms with Gasteiger partial charge < -0.3 is 8.97 Å². The van der Waals surface area contributed by atoms with Gasteiger partial charge >= 0.3 is 0 Å². The summed E-state index contributed by atoms with van der Waals surface area (Å²) < 4.78 is 3.89. The van der Waals surface area contributed by atoms with Gasteiger partial charge in [0.15, 0.2) is 0 Å². The van der Waals surface area contributed by atoms with Crippen LogP contribution >= 0.6 is 0 Å². The van der Waals surface area contributed by atoms with Crippen molar-refractivity contribution in [2.45, 2.75) is 6.54 Å². The molecule has 0 N–H and O–H groups in total. The fourth-order valence-electron chi connectivity index (χ4n) is 3.51. The van der Waals surface area contributed by atoms with Gasteiger partial charge in [0.1, 0.15) is 0 Å². The Morgan fingerprint density at radius 3 is 2.74 bits per heavy atom. The predicted molar refractivity (Wildman–Crippen MR) is 108 cm³/mol. The van der Waals surface area contributed by atoms with E-state index in [0.29, 0.717) is 6.54 Å². The number of pyridine rings is 1. The van der Waals surface area contributed by atoms with Crippen molar-refractivity contribution in [1.82, 2.24) is 14.0 Å². The predicted octanol–water partition coefficient (Wildman–Crippen LogP) is 4.36. The molecule has 0 saturated heterocycles. The maximum Gasteiger partial charge on any atom is 0.269 e. The van der Waals surface area contributed by atoms with E-state index in [1.165, 1.54) is 11.7 Å². The average molecular weight is 351 g/mol. The van der Waals surface area contributed by atoms with Gasteiger partial charge in [0.2, 0.25) is 0 Å². The molecule has 0 bridgehead atoms. The van der Waals surface area contributed by atoms with Gasteiger partial charge in [-0.1, -0.05) is 36.4 Å². The van der Waals surface area contributed by atoms with E-state index in [9.17, 15) is 4.79 Å². The Hall–Kier alpha value is -3.66. The van der Waals surface area contributed by atoms with E-state index in [1.807, 2.05) is 42.6 Å². The number of fused-ring (bicyclic) bond motifs is 2. The van der Waals surface area contributed by atoms with Gasteiger partial charge in [-0.15, -0.1) is 0 Å². The van der Waals surface area contributed by atoms with E-state index < -0.39 is 0 Å². The zero-order valence-electron chi connectivity index (χ0n) is 14.6. The van der Waals surface area contributed by atoms with Crippen LogP contribution in [0.3, 0.4) is 0 Å². The normalized spacial score (nSPS) is 11.3. The number of nitrogens with zero attached hydrogens (tertiary/aromatic N) is 3. The van der Waals surface area contributed by atoms with E-state index in [-0.39, 0.29) is 5.56 Å². The number of hydrogen-bond acceptors (Lipinski definition) is 2. The van der Waals surface area contributed by atoms with Crippen molar-refractivity contribution >= 4 is 16.6 Å². The highest BCUT2D eigenvalue weighted by atomic mass is 16.1. The summed E-state index contributed by atoms with van der Waals surface area (Å²) >= 11 is 0. The fourth-order valence-corrected chi connectivity index (χ4v) is 3.51. The van der Waals surface area contributed by atoms with Crippen molar-refractivity contribution < 1.29 is 0 Å². The molecule has 4 nitrogen and oxygen atoms in total. The molecule has 0 unspecified atom stereocenters. The smallest absolute Gasteiger partial charge is 0.269 e. The highest BCUT2D eigenvalue weighted by Crippen LogP contribution is 2.22. The molecule has 0 atom stereocenters. The number of rotatable bonds is 3. The molecule has 130 valence electrons. The van der Waals surface area contributed by atoms with Crippen molar-refractivity contribution in [2.75, 3.05) is 0 Å². The molecule has 0 radical (unpaired) electrons. The molecule has 27 heavy (non-hydrogen) atoms. The Bertz CT molecular complexity index is 1330. The molecule has 4 heteroatoms. The fraction of sp³-hybridized carbons (Fsp3) is 0.0435. The van der Waals surface area contributed by atoms with E-state index in [0.717, 1.165) is 27.7 Å². The van der Waals surface area contributed by atoms with Crippen molar-refractivity contribution in [1.29, 1.82) is 0 Å². The number of benzene rings is 2. The Morgan fingerprint density at radius 2 is 1.78 bits per heavy atom. The monoisotopic (exact) mass is 351 g/mol. The standard InChI is InChI=1S/C23H17N3O/c27-23-14-24-21-8-1-2-9-22(21)26(23)15-17-5-3-6-18(13-17)19-10-11-20-7-4-12-25(20)16-19/h1-14,16H,15H2. The third-order valence-corrected chi connectivity index (χ3v) is 4.88. The van der Waals surface area contributed by atoms with Crippen LogP contribution in [-0.4, -0.2) is 14.0 Å². The Labute approximate surface area is 156 Å². The van der Waals surface area contributed by atoms with E-state index >= 15 is 0 Å². The molecule has 0 fully saturated rings. The summed E-state index contributed by atoms with van der Waals surface area (Å²) in [5.74, 6) is 0. The average Bonchev–Trinajstić information content (AvgIpc) is 3.18. The molecule has 5 rings (SSSR count). The second-order valence-electron chi connectivity index (χ2n) is 6.63. The minimum absolute atomic E-state index is 0.0899. The van der Waals surface area contributed by atoms with Crippen LogP contribution in [0.2, 0.25) is 0 Å². The molecule has 3 aromatic heterocycles. The lowest BCUT2D eigenvalue weighted by molar-refractivity contribution is 0.787. The van der Waals surface area contributed by atoms with Gasteiger partial charge in [0, 0.05) is 17.9 Å². The van der Waals surface area contributed by atoms with Crippen LogP contribution in [0.25, 0.3) is 27.7 Å². The highest BCUT2D eigenvalue weighted by Gasteiger charge is 2.06. The second kappa shape index (κ2) is 6.25. The van der Waals surface area contributed by atoms with Gasteiger partial charge in [-0.3, -0.25) is 4.79 Å². The lowest BCUT2D eigenvalue weighted by Crippen LogP contribution is -2.21. The summed E-state index contributed by atoms with van der Waals surface area (Å²) in [6, 6.07) is 24.4. The Kier molecular flexibility index (Phi) is 3.61. The van der Waals surface area contributed by atoms with Crippen LogP contribution in [0.4, 0.5) is 0 Å². The first-order chi connectivity index (χ1) is 13.3. The van der Waals surface area contributed by atoms with Crippen LogP contribution in [0.5, 0.6) is 0 Å². The van der Waals surface area contributed by atoms with Gasteiger partial charge in [-0.2, -0.15) is 0 Å². The highest BCUT2D eigenvalue weighted by molar-refractivity contribution is 5.74. The minimum Gasteiger partial charge on any atom is -0.323 e. The lowest BCUT2D eigenvalue weighted by atomic mass is 10.0. The first-order valence-corrected chi connectivity index (χ1v) is 8.89. The molecule has 3 heterocycles. The third kappa shape index (κ3) is 2.81. The van der Waals surface area contributed by atoms with Crippen LogP contribution in [-0.2, 0) is 6.54 Å². The molecule has 0 amide bonds. The minimum atomic E-state index is -0.0899. The molecular formula is C23H17N3O. The van der Waals surface area contributed by atoms with Crippen LogP contribution in [0.1, 0.15) is 5.56 Å². The van der Waals surface area contributed by atoms with Crippen LogP contribution in [0.15, 0.2) is 96.2 Å². The second-order valence-corrected chi connectivity index (χ2v) is 6.63. The first kappa shape index (κ1) is 15.6. The van der Waals surface area contributed by atoms with Gasteiger partial charge in [-0.25, -0.2) is 4.98 Å². The molecule has 5 aromatic rings. The summed E-state index contributed by atoms with van der Waals surface area (Å²) in [7, 11) is 0. The van der Waals surface area contributed by atoms with Crippen molar-refractivity contribution in [3.63, 3.8) is 0 Å². The molecule has 0 spiro atoms. The number of aromatic nitrogens is 3. The SMILES string of the molecule is O=c1cnc2ccccc2n1Cc1cccc(-c2ccc3cccn3c2)c1. The van der Waals surface area contributed by atoms with Crippen molar-refractivity contribution in [3.8, 4) is 11.1 Å². The largest absolute Gasteiger partial charge is 0.323 e. The van der Waals surface area contributed by atoms with Crippen LogP contribution < -0.4 is 5.56 Å². The topological polar surface area (TPSA) is 39.3 Å². The van der Waals surface area contributed by atoms with Gasteiger partial charge in [0.25, 0.3) is 5.56 Å². The molecule has 0 aliphatic rings. The molecule has 0 aliphatic heterocycles. The van der Waals surface area contributed by atoms with E-state index in [2.05, 4.69) is 52.0 Å². The zero-order valence-corrected chi connectivity index (χ0v) is 14.6. The summed E-state index contributed by atoms with van der Waals surface area (Å²) in [4.78, 5) is 16.6. The maximum atomic E-state index is 12.4. The molecule has 0 aliphatic carbocycles. The Morgan fingerprint density at radius 1 is 0.852 bits per heavy atom. The van der Waals surface area contributed by atoms with E-state index in [4.69, 9.17) is 0 Å². The van der Waals surface area contributed by atoms with E-state index in [1.54, 1.807) is 4.57 Å². The van der Waals surface area contributed by atoms with Gasteiger partial charge in [0.05, 0.1) is 23.8 Å². The third-order valence-electron chi connectivity index (χ3n) is 4.88. The molecule has 2 aromatic carbocycles. The van der Waals surface area contributed by atoms with Crippen molar-refractivity contribution in [2.24, 2.45) is 0 Å². The first-order valence-electron chi connectivity index (χ1n) is 8.89. The summed E-state index contributed by atoms with van der Waals surface area (Å²) in [5, 5.41) is 0. The summed E-state index contributed by atoms with van der Waals surface area (Å²) in [6.07, 6.45) is 5.57. The maximum absolute atomic E-state index is 12.4. The summed E-state index contributed by atoms with van der Waals surface area (Å²) in [6.45, 7) is 0.515. The quantitative estimate of drug-likeness (QED) is 0.484. The van der Waals surface area contributed by atoms with Gasteiger partial charge in [-0.05, 0) is 53.1 Å². The van der Waals surface area contributed by atoms with Crippen molar-refractivity contribution in [3.05, 3.63) is 107 Å². The molecule has 0 saturated carbocycles. The van der Waals surface area contributed by atoms with Crippen LogP contribution in [0, 0.1) is 0 Å². The Balaban J connectivity index is 1.57. The molecular weight excluding hydrogens is 334 g/mol. The summed E-state index contributed by atoms with van der Waals surface area (Å²) in [5.41, 5.74) is 6.12. The number of hydrogen-bond donors (Lipinski definition) is 0. The number of para-hydroxylation sites is 2. The zero-order chi connectivity index (χ0) is 18.2.